The highest BCUT2D eigenvalue weighted by molar-refractivity contribution is 5.35. The zero-order valence-electron chi connectivity index (χ0n) is 13.2. The van der Waals surface area contributed by atoms with Crippen LogP contribution in [0.4, 0.5) is 0 Å². The monoisotopic (exact) mass is 259 g/mol. The van der Waals surface area contributed by atoms with Crippen molar-refractivity contribution in [1.82, 2.24) is 5.32 Å². The van der Waals surface area contributed by atoms with Gasteiger partial charge in [-0.2, -0.15) is 0 Å². The molecule has 106 valence electrons. The fourth-order valence-electron chi connectivity index (χ4n) is 4.01. The lowest BCUT2D eigenvalue weighted by Gasteiger charge is -2.57. The van der Waals surface area contributed by atoms with Crippen LogP contribution in [0.2, 0.25) is 0 Å². The second kappa shape index (κ2) is 5.66. The number of hydrogen-bond donors (Lipinski definition) is 1. The molecule has 0 saturated heterocycles. The molecule has 0 aliphatic heterocycles. The molecular weight excluding hydrogens is 230 g/mol. The maximum atomic E-state index is 3.70. The van der Waals surface area contributed by atoms with E-state index in [1.54, 1.807) is 5.56 Å². The summed E-state index contributed by atoms with van der Waals surface area (Å²) in [4.78, 5) is 0. The van der Waals surface area contributed by atoms with Gasteiger partial charge in [0.1, 0.15) is 0 Å². The van der Waals surface area contributed by atoms with Crippen LogP contribution in [0, 0.1) is 19.3 Å². The molecule has 0 radical (unpaired) electrons. The van der Waals surface area contributed by atoms with Gasteiger partial charge in [-0.25, -0.2) is 0 Å². The molecule has 1 N–H and O–H groups in total. The van der Waals surface area contributed by atoms with E-state index >= 15 is 0 Å². The minimum absolute atomic E-state index is 0.470. The van der Waals surface area contributed by atoms with Gasteiger partial charge in [0.25, 0.3) is 0 Å². The Bertz CT molecular complexity index is 431. The van der Waals surface area contributed by atoms with E-state index in [0.29, 0.717) is 11.5 Å². The molecule has 0 spiro atoms. The predicted molar refractivity (Wildman–Crippen MR) is 83.8 cm³/mol. The lowest BCUT2D eigenvalue weighted by molar-refractivity contribution is 0.0210. The quantitative estimate of drug-likeness (QED) is 0.816. The van der Waals surface area contributed by atoms with Crippen molar-refractivity contribution >= 4 is 0 Å². The van der Waals surface area contributed by atoms with E-state index in [9.17, 15) is 0 Å². The normalized spacial score (nSPS) is 25.1. The Balaban J connectivity index is 2.27. The lowest BCUT2D eigenvalue weighted by Crippen LogP contribution is -2.58. The van der Waals surface area contributed by atoms with Crippen LogP contribution in [0.5, 0.6) is 0 Å². The van der Waals surface area contributed by atoms with Crippen molar-refractivity contribution in [3.05, 3.63) is 34.9 Å². The molecule has 1 aliphatic carbocycles. The molecule has 1 fully saturated rings. The minimum Gasteiger partial charge on any atom is -0.314 e. The molecule has 2 atom stereocenters. The average molecular weight is 259 g/mol. The molecule has 0 heterocycles. The molecule has 1 nitrogen and oxygen atoms in total. The highest BCUT2D eigenvalue weighted by Gasteiger charge is 2.52. The summed E-state index contributed by atoms with van der Waals surface area (Å²) in [6.45, 7) is 12.5. The van der Waals surface area contributed by atoms with Crippen molar-refractivity contribution in [2.45, 2.75) is 65.8 Å². The third-order valence-corrected chi connectivity index (χ3v) is 5.56. The van der Waals surface area contributed by atoms with Gasteiger partial charge in [0.15, 0.2) is 0 Å². The van der Waals surface area contributed by atoms with Crippen LogP contribution >= 0.6 is 0 Å². The maximum absolute atomic E-state index is 3.70. The molecule has 1 saturated carbocycles. The topological polar surface area (TPSA) is 12.0 Å². The van der Waals surface area contributed by atoms with E-state index in [2.05, 4.69) is 58.1 Å². The first-order valence-corrected chi connectivity index (χ1v) is 7.89. The molecule has 0 bridgehead atoms. The van der Waals surface area contributed by atoms with Crippen molar-refractivity contribution in [2.24, 2.45) is 5.41 Å². The molecule has 0 aromatic heterocycles. The largest absolute Gasteiger partial charge is 0.314 e. The molecule has 19 heavy (non-hydrogen) atoms. The number of nitrogens with one attached hydrogen (secondary N) is 1. The number of hydrogen-bond acceptors (Lipinski definition) is 1. The van der Waals surface area contributed by atoms with Crippen LogP contribution in [0.3, 0.4) is 0 Å². The van der Waals surface area contributed by atoms with Crippen LogP contribution < -0.4 is 5.32 Å². The predicted octanol–water partition coefficient (Wildman–Crippen LogP) is 4.58. The van der Waals surface area contributed by atoms with Gasteiger partial charge in [-0.05, 0) is 67.7 Å². The summed E-state index contributed by atoms with van der Waals surface area (Å²) >= 11 is 0. The summed E-state index contributed by atoms with van der Waals surface area (Å²) < 4.78 is 0. The van der Waals surface area contributed by atoms with Gasteiger partial charge >= 0.3 is 0 Å². The van der Waals surface area contributed by atoms with Crippen LogP contribution in [0.1, 0.15) is 62.6 Å². The highest BCUT2D eigenvalue weighted by Crippen LogP contribution is 2.57. The molecule has 1 aliphatic rings. The second-order valence-electron chi connectivity index (χ2n) is 6.18. The summed E-state index contributed by atoms with van der Waals surface area (Å²) in [7, 11) is 0. The van der Waals surface area contributed by atoms with E-state index in [1.807, 2.05) is 0 Å². The van der Waals surface area contributed by atoms with Crippen molar-refractivity contribution in [3.63, 3.8) is 0 Å². The second-order valence-corrected chi connectivity index (χ2v) is 6.18. The lowest BCUT2D eigenvalue weighted by atomic mass is 9.51. The van der Waals surface area contributed by atoms with Gasteiger partial charge < -0.3 is 5.32 Å². The van der Waals surface area contributed by atoms with Crippen LogP contribution in [-0.4, -0.2) is 12.6 Å². The van der Waals surface area contributed by atoms with Crippen molar-refractivity contribution in [1.29, 1.82) is 0 Å². The fraction of sp³-hybridized carbons (Fsp3) is 0.667. The molecule has 0 amide bonds. The first-order valence-electron chi connectivity index (χ1n) is 7.89. The molecule has 1 aromatic carbocycles. The highest BCUT2D eigenvalue weighted by atomic mass is 15.0. The third-order valence-electron chi connectivity index (χ3n) is 5.56. The summed E-state index contributed by atoms with van der Waals surface area (Å²) in [5.74, 6) is 0.742. The Morgan fingerprint density at radius 3 is 2.32 bits per heavy atom. The van der Waals surface area contributed by atoms with Crippen LogP contribution in [0.25, 0.3) is 0 Å². The standard InChI is InChI=1S/C18H29N/c1-6-18(7-2)16(12-17(18)19-8-3)15-10-9-13(4)14(5)11-15/h9-11,16-17,19H,6-8,12H2,1-5H3. The van der Waals surface area contributed by atoms with Gasteiger partial charge in [-0.3, -0.25) is 0 Å². The Labute approximate surface area is 118 Å². The molecule has 1 heteroatoms. The Morgan fingerprint density at radius 1 is 1.11 bits per heavy atom. The summed E-state index contributed by atoms with van der Waals surface area (Å²) in [6.07, 6.45) is 3.86. The first kappa shape index (κ1) is 14.6. The van der Waals surface area contributed by atoms with Crippen molar-refractivity contribution < 1.29 is 0 Å². The van der Waals surface area contributed by atoms with E-state index in [4.69, 9.17) is 0 Å². The van der Waals surface area contributed by atoms with E-state index in [-0.39, 0.29) is 0 Å². The molecular formula is C18H29N. The first-order chi connectivity index (χ1) is 9.08. The van der Waals surface area contributed by atoms with E-state index in [1.165, 1.54) is 30.4 Å². The van der Waals surface area contributed by atoms with Gasteiger partial charge in [0.2, 0.25) is 0 Å². The number of rotatable bonds is 5. The smallest absolute Gasteiger partial charge is 0.0135 e. The molecule has 2 rings (SSSR count). The van der Waals surface area contributed by atoms with Gasteiger partial charge in [-0.1, -0.05) is 39.0 Å². The van der Waals surface area contributed by atoms with Crippen LogP contribution in [0.15, 0.2) is 18.2 Å². The third kappa shape index (κ3) is 2.33. The van der Waals surface area contributed by atoms with E-state index in [0.717, 1.165) is 12.5 Å². The molecule has 2 unspecified atom stereocenters. The zero-order chi connectivity index (χ0) is 14.0. The summed E-state index contributed by atoms with van der Waals surface area (Å²) in [5, 5.41) is 3.70. The summed E-state index contributed by atoms with van der Waals surface area (Å²) in [5.41, 5.74) is 4.87. The minimum atomic E-state index is 0.470. The van der Waals surface area contributed by atoms with Crippen LogP contribution in [-0.2, 0) is 0 Å². The Morgan fingerprint density at radius 2 is 1.79 bits per heavy atom. The zero-order valence-corrected chi connectivity index (χ0v) is 13.2. The van der Waals surface area contributed by atoms with Gasteiger partial charge in [0, 0.05) is 6.04 Å². The number of aryl methyl sites for hydroxylation is 2. The average Bonchev–Trinajstić information content (AvgIpc) is 2.39. The number of benzene rings is 1. The van der Waals surface area contributed by atoms with Crippen molar-refractivity contribution in [3.8, 4) is 0 Å². The van der Waals surface area contributed by atoms with E-state index < -0.39 is 0 Å². The SMILES string of the molecule is CCNC1CC(c2ccc(C)c(C)c2)C1(CC)CC. The molecule has 1 aromatic rings. The maximum Gasteiger partial charge on any atom is 0.0135 e. The Kier molecular flexibility index (Phi) is 4.35. The fourth-order valence-corrected chi connectivity index (χ4v) is 4.01. The Hall–Kier alpha value is -0.820. The van der Waals surface area contributed by atoms with Crippen molar-refractivity contribution in [2.75, 3.05) is 6.54 Å². The summed E-state index contributed by atoms with van der Waals surface area (Å²) in [6, 6.07) is 7.78. The van der Waals surface area contributed by atoms with Gasteiger partial charge in [-0.15, -0.1) is 0 Å². The van der Waals surface area contributed by atoms with Gasteiger partial charge in [0.05, 0.1) is 0 Å².